The van der Waals surface area contributed by atoms with Crippen LogP contribution in [0.3, 0.4) is 0 Å². The summed E-state index contributed by atoms with van der Waals surface area (Å²) in [6.07, 6.45) is 1.79. The van der Waals surface area contributed by atoms with Crippen molar-refractivity contribution in [2.45, 2.75) is 38.9 Å². The van der Waals surface area contributed by atoms with E-state index in [1.54, 1.807) is 34.4 Å². The minimum absolute atomic E-state index is 0.0228. The van der Waals surface area contributed by atoms with Crippen molar-refractivity contribution in [1.82, 2.24) is 9.80 Å². The summed E-state index contributed by atoms with van der Waals surface area (Å²) >= 11 is 13.7. The minimum Gasteiger partial charge on any atom is -0.332 e. The Balaban J connectivity index is 1.48. The van der Waals surface area contributed by atoms with Crippen LogP contribution in [0.2, 0.25) is 10.0 Å². The lowest BCUT2D eigenvalue weighted by atomic mass is 10.2. The van der Waals surface area contributed by atoms with Crippen molar-refractivity contribution in [2.75, 3.05) is 11.9 Å². The molecule has 1 saturated carbocycles. The van der Waals surface area contributed by atoms with Crippen LogP contribution in [0, 0.1) is 6.92 Å². The molecule has 0 unspecified atom stereocenters. The number of halogens is 2. The van der Waals surface area contributed by atoms with Gasteiger partial charge in [-0.05, 0) is 55.7 Å². The Labute approximate surface area is 207 Å². The molecule has 0 saturated heterocycles. The van der Waals surface area contributed by atoms with Gasteiger partial charge in [0.15, 0.2) is 0 Å². The molecule has 33 heavy (non-hydrogen) atoms. The lowest BCUT2D eigenvalue weighted by molar-refractivity contribution is -0.133. The van der Waals surface area contributed by atoms with Crippen LogP contribution in [0.4, 0.5) is 10.5 Å². The van der Waals surface area contributed by atoms with Crippen molar-refractivity contribution in [3.63, 3.8) is 0 Å². The van der Waals surface area contributed by atoms with Crippen molar-refractivity contribution >= 4 is 52.2 Å². The molecule has 1 aliphatic rings. The number of aryl methyl sites for hydroxylation is 1. The number of benzene rings is 2. The Hall–Kier alpha value is -2.54. The van der Waals surface area contributed by atoms with Crippen LogP contribution in [0.15, 0.2) is 60.7 Å². The summed E-state index contributed by atoms with van der Waals surface area (Å²) in [6, 6.07) is 18.7. The van der Waals surface area contributed by atoms with Gasteiger partial charge in [0.25, 0.3) is 0 Å². The summed E-state index contributed by atoms with van der Waals surface area (Å²) in [7, 11) is 0. The lowest BCUT2D eigenvalue weighted by Crippen LogP contribution is -2.45. The second-order valence-corrected chi connectivity index (χ2v) is 10.4. The van der Waals surface area contributed by atoms with E-state index in [9.17, 15) is 9.59 Å². The van der Waals surface area contributed by atoms with Gasteiger partial charge in [-0.2, -0.15) is 0 Å². The Bertz CT molecular complexity index is 1130. The van der Waals surface area contributed by atoms with Gasteiger partial charge in [0.1, 0.15) is 6.54 Å². The molecule has 1 aromatic heterocycles. The standard InChI is InChI=1S/C25H25Cl2N3O2S/c1-17-7-11-21(33-17)15-29(14-18-5-3-2-4-6-18)24(31)16-30(20-9-10-20)25(32)28-19-8-12-22(26)23(27)13-19/h2-8,11-13,20H,9-10,14-16H2,1H3,(H,28,32). The van der Waals surface area contributed by atoms with Gasteiger partial charge in [-0.3, -0.25) is 4.79 Å². The molecule has 0 atom stereocenters. The van der Waals surface area contributed by atoms with Crippen molar-refractivity contribution in [2.24, 2.45) is 0 Å². The van der Waals surface area contributed by atoms with Gasteiger partial charge in [-0.25, -0.2) is 4.79 Å². The van der Waals surface area contributed by atoms with Crippen LogP contribution >= 0.6 is 34.5 Å². The summed E-state index contributed by atoms with van der Waals surface area (Å²) in [5.41, 5.74) is 1.60. The molecule has 5 nitrogen and oxygen atoms in total. The number of thiophene rings is 1. The molecule has 3 aromatic rings. The molecule has 1 fully saturated rings. The predicted molar refractivity (Wildman–Crippen MR) is 135 cm³/mol. The van der Waals surface area contributed by atoms with Gasteiger partial charge in [-0.15, -0.1) is 11.3 Å². The van der Waals surface area contributed by atoms with E-state index in [0.29, 0.717) is 28.8 Å². The Kier molecular flexibility index (Phi) is 7.58. The number of hydrogen-bond acceptors (Lipinski definition) is 3. The molecule has 4 rings (SSSR count). The number of urea groups is 1. The minimum atomic E-state index is -0.309. The zero-order valence-corrected chi connectivity index (χ0v) is 20.6. The first kappa shape index (κ1) is 23.6. The van der Waals surface area contributed by atoms with E-state index >= 15 is 0 Å². The monoisotopic (exact) mass is 501 g/mol. The summed E-state index contributed by atoms with van der Waals surface area (Å²) in [4.78, 5) is 32.2. The molecule has 0 aliphatic heterocycles. The highest BCUT2D eigenvalue weighted by molar-refractivity contribution is 7.11. The number of nitrogens with zero attached hydrogens (tertiary/aromatic N) is 2. The summed E-state index contributed by atoms with van der Waals surface area (Å²) < 4.78 is 0. The van der Waals surface area contributed by atoms with Gasteiger partial charge < -0.3 is 15.1 Å². The van der Waals surface area contributed by atoms with Crippen LogP contribution in [0.1, 0.15) is 28.2 Å². The number of rotatable bonds is 8. The molecule has 0 radical (unpaired) electrons. The first-order chi connectivity index (χ1) is 15.9. The average Bonchev–Trinajstić information content (AvgIpc) is 3.55. The summed E-state index contributed by atoms with van der Waals surface area (Å²) in [6.45, 7) is 3.08. The van der Waals surface area contributed by atoms with Crippen LogP contribution in [0.25, 0.3) is 0 Å². The smallest absolute Gasteiger partial charge is 0.322 e. The quantitative estimate of drug-likeness (QED) is 0.378. The molecule has 172 valence electrons. The lowest BCUT2D eigenvalue weighted by Gasteiger charge is -2.28. The van der Waals surface area contributed by atoms with Crippen LogP contribution < -0.4 is 5.32 Å². The average molecular weight is 502 g/mol. The van der Waals surface area contributed by atoms with Crippen LogP contribution in [-0.4, -0.2) is 34.3 Å². The maximum absolute atomic E-state index is 13.4. The third kappa shape index (κ3) is 6.50. The fraction of sp³-hybridized carbons (Fsp3) is 0.280. The van der Waals surface area contributed by atoms with Crippen LogP contribution in [0.5, 0.6) is 0 Å². The normalized spacial score (nSPS) is 12.9. The topological polar surface area (TPSA) is 52.7 Å². The van der Waals surface area contributed by atoms with Crippen LogP contribution in [-0.2, 0) is 17.9 Å². The van der Waals surface area contributed by atoms with Crippen molar-refractivity contribution in [3.05, 3.63) is 86.0 Å². The molecule has 1 heterocycles. The van der Waals surface area contributed by atoms with E-state index in [-0.39, 0.29) is 24.5 Å². The molecule has 0 spiro atoms. The first-order valence-corrected chi connectivity index (χ1v) is 12.4. The Morgan fingerprint density at radius 3 is 2.39 bits per heavy atom. The highest BCUT2D eigenvalue weighted by Gasteiger charge is 2.35. The second kappa shape index (κ2) is 10.6. The molecule has 0 bridgehead atoms. The second-order valence-electron chi connectivity index (χ2n) is 8.17. The Morgan fingerprint density at radius 1 is 1.00 bits per heavy atom. The SMILES string of the molecule is Cc1ccc(CN(Cc2ccccc2)C(=O)CN(C(=O)Nc2ccc(Cl)c(Cl)c2)C2CC2)s1. The van der Waals surface area contributed by atoms with Gasteiger partial charge in [0.2, 0.25) is 5.91 Å². The van der Waals surface area contributed by atoms with Crippen molar-refractivity contribution in [3.8, 4) is 0 Å². The van der Waals surface area contributed by atoms with E-state index in [1.807, 2.05) is 35.2 Å². The number of amides is 3. The highest BCUT2D eigenvalue weighted by atomic mass is 35.5. The number of carbonyl (C=O) groups is 2. The van der Waals surface area contributed by atoms with Gasteiger partial charge in [0, 0.05) is 28.0 Å². The highest BCUT2D eigenvalue weighted by Crippen LogP contribution is 2.29. The summed E-state index contributed by atoms with van der Waals surface area (Å²) in [5, 5.41) is 3.64. The van der Waals surface area contributed by atoms with E-state index in [2.05, 4.69) is 24.4 Å². The fourth-order valence-corrected chi connectivity index (χ4v) is 4.77. The third-order valence-electron chi connectivity index (χ3n) is 5.44. The van der Waals surface area contributed by atoms with E-state index in [0.717, 1.165) is 23.3 Å². The van der Waals surface area contributed by atoms with Gasteiger partial charge in [0.05, 0.1) is 16.6 Å². The zero-order valence-electron chi connectivity index (χ0n) is 18.3. The van der Waals surface area contributed by atoms with E-state index in [1.165, 1.54) is 4.88 Å². The van der Waals surface area contributed by atoms with Crippen molar-refractivity contribution in [1.29, 1.82) is 0 Å². The largest absolute Gasteiger partial charge is 0.332 e. The number of anilines is 1. The number of hydrogen-bond donors (Lipinski definition) is 1. The molecular weight excluding hydrogens is 477 g/mol. The maximum atomic E-state index is 13.4. The zero-order chi connectivity index (χ0) is 23.4. The first-order valence-electron chi connectivity index (χ1n) is 10.8. The predicted octanol–water partition coefficient (Wildman–Crippen LogP) is 6.59. The molecular formula is C25H25Cl2N3O2S. The maximum Gasteiger partial charge on any atom is 0.322 e. The molecule has 3 amide bonds. The van der Waals surface area contributed by atoms with E-state index in [4.69, 9.17) is 23.2 Å². The fourth-order valence-electron chi connectivity index (χ4n) is 3.56. The molecule has 2 aromatic carbocycles. The third-order valence-corrected chi connectivity index (χ3v) is 7.16. The van der Waals surface area contributed by atoms with Gasteiger partial charge >= 0.3 is 6.03 Å². The molecule has 8 heteroatoms. The van der Waals surface area contributed by atoms with Gasteiger partial charge in [-0.1, -0.05) is 53.5 Å². The number of carbonyl (C=O) groups excluding carboxylic acids is 2. The Morgan fingerprint density at radius 2 is 1.76 bits per heavy atom. The van der Waals surface area contributed by atoms with E-state index < -0.39 is 0 Å². The number of nitrogens with one attached hydrogen (secondary N) is 1. The van der Waals surface area contributed by atoms with Crippen molar-refractivity contribution < 1.29 is 9.59 Å². The molecule has 1 aliphatic carbocycles. The summed E-state index contributed by atoms with van der Waals surface area (Å²) in [5.74, 6) is -0.0823. The molecule has 1 N–H and O–H groups in total.